The highest BCUT2D eigenvalue weighted by atomic mass is 35.5. The molecular weight excluding hydrogens is 378 g/mol. The SMILES string of the molecule is CN(C)Cc1noc(-c2ncn3c2Cc2cn(C)nc2-c2cc(Cl)ccc2-3)n1. The number of nitrogens with zero attached hydrogens (tertiary/aromatic N) is 7. The molecule has 142 valence electrons. The highest BCUT2D eigenvalue weighted by molar-refractivity contribution is 6.31. The van der Waals surface area contributed by atoms with Crippen LogP contribution in [-0.2, 0) is 20.0 Å². The summed E-state index contributed by atoms with van der Waals surface area (Å²) in [5.41, 5.74) is 5.65. The van der Waals surface area contributed by atoms with Crippen LogP contribution in [0.2, 0.25) is 5.02 Å². The Bertz CT molecular complexity index is 1190. The van der Waals surface area contributed by atoms with Crippen LogP contribution in [0.3, 0.4) is 0 Å². The summed E-state index contributed by atoms with van der Waals surface area (Å²) < 4.78 is 9.39. The van der Waals surface area contributed by atoms with Crippen molar-refractivity contribution in [3.63, 3.8) is 0 Å². The van der Waals surface area contributed by atoms with Crippen LogP contribution < -0.4 is 0 Å². The van der Waals surface area contributed by atoms with Crippen LogP contribution in [0.1, 0.15) is 17.1 Å². The van der Waals surface area contributed by atoms with E-state index in [1.54, 1.807) is 6.33 Å². The van der Waals surface area contributed by atoms with Crippen LogP contribution >= 0.6 is 11.6 Å². The van der Waals surface area contributed by atoms with Gasteiger partial charge in [-0.2, -0.15) is 10.1 Å². The van der Waals surface area contributed by atoms with E-state index < -0.39 is 0 Å². The molecule has 4 aromatic rings. The Morgan fingerprint density at radius 2 is 2.11 bits per heavy atom. The molecule has 9 heteroatoms. The number of hydrogen-bond donors (Lipinski definition) is 0. The summed E-state index contributed by atoms with van der Waals surface area (Å²) in [6.45, 7) is 0.605. The van der Waals surface area contributed by atoms with Gasteiger partial charge >= 0.3 is 0 Å². The second-order valence-corrected chi connectivity index (χ2v) is 7.61. The number of aromatic nitrogens is 6. The van der Waals surface area contributed by atoms with Gasteiger partial charge in [0.1, 0.15) is 6.33 Å². The first-order valence-electron chi connectivity index (χ1n) is 8.86. The summed E-state index contributed by atoms with van der Waals surface area (Å²) in [5, 5.41) is 9.41. The molecule has 1 aromatic carbocycles. The number of fused-ring (bicyclic) bond motifs is 5. The third-order valence-electron chi connectivity index (χ3n) is 4.73. The fourth-order valence-electron chi connectivity index (χ4n) is 3.61. The van der Waals surface area contributed by atoms with E-state index >= 15 is 0 Å². The van der Waals surface area contributed by atoms with E-state index in [0.717, 1.165) is 28.2 Å². The van der Waals surface area contributed by atoms with Crippen molar-refractivity contribution in [3.05, 3.63) is 52.8 Å². The molecule has 0 amide bonds. The summed E-state index contributed by atoms with van der Waals surface area (Å²) in [5.74, 6) is 1.05. The summed E-state index contributed by atoms with van der Waals surface area (Å²) in [6, 6.07) is 5.81. The average Bonchev–Trinajstić information content (AvgIpc) is 3.32. The molecule has 0 saturated carbocycles. The largest absolute Gasteiger partial charge is 0.332 e. The van der Waals surface area contributed by atoms with Gasteiger partial charge in [0.05, 0.1) is 23.6 Å². The van der Waals surface area contributed by atoms with Crippen LogP contribution in [0.4, 0.5) is 0 Å². The lowest BCUT2D eigenvalue weighted by Crippen LogP contribution is -2.11. The predicted molar refractivity (Wildman–Crippen MR) is 104 cm³/mol. The molecule has 1 aliphatic heterocycles. The quantitative estimate of drug-likeness (QED) is 0.467. The van der Waals surface area contributed by atoms with Crippen molar-refractivity contribution in [1.82, 2.24) is 34.4 Å². The molecule has 0 spiro atoms. The van der Waals surface area contributed by atoms with Gasteiger partial charge in [-0.05, 0) is 32.3 Å². The maximum Gasteiger partial charge on any atom is 0.278 e. The van der Waals surface area contributed by atoms with Crippen molar-refractivity contribution in [2.75, 3.05) is 14.1 Å². The lowest BCUT2D eigenvalue weighted by atomic mass is 10.0. The molecule has 0 radical (unpaired) electrons. The molecule has 0 saturated heterocycles. The minimum Gasteiger partial charge on any atom is -0.332 e. The molecule has 3 aromatic heterocycles. The second kappa shape index (κ2) is 6.29. The van der Waals surface area contributed by atoms with Gasteiger partial charge in [0.15, 0.2) is 11.5 Å². The number of rotatable bonds is 3. The Kier molecular flexibility index (Phi) is 3.85. The van der Waals surface area contributed by atoms with E-state index in [9.17, 15) is 0 Å². The summed E-state index contributed by atoms with van der Waals surface area (Å²) in [7, 11) is 5.85. The molecule has 0 atom stereocenters. The van der Waals surface area contributed by atoms with Crippen LogP contribution in [0.5, 0.6) is 0 Å². The Hall–Kier alpha value is -2.97. The van der Waals surface area contributed by atoms with Gasteiger partial charge in [-0.25, -0.2) is 4.98 Å². The van der Waals surface area contributed by atoms with Crippen molar-refractivity contribution < 1.29 is 4.52 Å². The van der Waals surface area contributed by atoms with E-state index in [0.29, 0.717) is 35.4 Å². The molecule has 0 aliphatic carbocycles. The number of imidazole rings is 1. The zero-order valence-corrected chi connectivity index (χ0v) is 16.5. The third kappa shape index (κ3) is 2.73. The van der Waals surface area contributed by atoms with Gasteiger partial charge in [0.2, 0.25) is 0 Å². The zero-order chi connectivity index (χ0) is 19.4. The first kappa shape index (κ1) is 17.2. The van der Waals surface area contributed by atoms with Crippen molar-refractivity contribution in [2.45, 2.75) is 13.0 Å². The maximum atomic E-state index is 6.28. The summed E-state index contributed by atoms with van der Waals surface area (Å²) in [6.07, 6.45) is 4.47. The summed E-state index contributed by atoms with van der Waals surface area (Å²) in [4.78, 5) is 11.1. The fraction of sp³-hybridized carbons (Fsp3) is 0.263. The van der Waals surface area contributed by atoms with Crippen LogP contribution in [-0.4, -0.2) is 48.5 Å². The molecule has 8 nitrogen and oxygen atoms in total. The number of halogens is 1. The highest BCUT2D eigenvalue weighted by Crippen LogP contribution is 2.38. The minimum absolute atomic E-state index is 0.424. The molecule has 5 rings (SSSR count). The molecule has 0 bridgehead atoms. The van der Waals surface area contributed by atoms with Gasteiger partial charge in [-0.3, -0.25) is 4.68 Å². The Morgan fingerprint density at radius 1 is 1.25 bits per heavy atom. The van der Waals surface area contributed by atoms with Gasteiger partial charge in [0.25, 0.3) is 5.89 Å². The van der Waals surface area contributed by atoms with E-state index in [2.05, 4.69) is 24.8 Å². The Balaban J connectivity index is 1.69. The monoisotopic (exact) mass is 395 g/mol. The maximum absolute atomic E-state index is 6.28. The van der Waals surface area contributed by atoms with Gasteiger partial charge in [-0.15, -0.1) is 0 Å². The van der Waals surface area contributed by atoms with E-state index in [-0.39, 0.29) is 0 Å². The normalized spacial score (nSPS) is 12.6. The summed E-state index contributed by atoms with van der Waals surface area (Å²) >= 11 is 6.28. The smallest absolute Gasteiger partial charge is 0.278 e. The highest BCUT2D eigenvalue weighted by Gasteiger charge is 2.27. The van der Waals surface area contributed by atoms with Crippen molar-refractivity contribution in [1.29, 1.82) is 0 Å². The van der Waals surface area contributed by atoms with Crippen molar-refractivity contribution >= 4 is 11.6 Å². The molecular formula is C19H18ClN7O. The van der Waals surface area contributed by atoms with Crippen LogP contribution in [0.15, 0.2) is 35.2 Å². The minimum atomic E-state index is 0.424. The predicted octanol–water partition coefficient (Wildman–Crippen LogP) is 2.94. The lowest BCUT2D eigenvalue weighted by molar-refractivity contribution is 0.365. The molecule has 0 fully saturated rings. The standard InChI is InChI=1S/C19H18ClN7O/c1-25(2)9-16-22-19(28-24-16)18-15-6-11-8-26(3)23-17(11)13-7-12(20)4-5-14(13)27(15)10-21-18/h4-5,7-8,10H,6,9H2,1-3H3. The van der Waals surface area contributed by atoms with Crippen LogP contribution in [0, 0.1) is 0 Å². The zero-order valence-electron chi connectivity index (χ0n) is 15.7. The van der Waals surface area contributed by atoms with E-state index in [1.165, 1.54) is 0 Å². The van der Waals surface area contributed by atoms with Gasteiger partial charge in [-0.1, -0.05) is 16.8 Å². The number of benzene rings is 1. The molecule has 4 heterocycles. The molecule has 1 aliphatic rings. The number of hydrogen-bond acceptors (Lipinski definition) is 6. The molecule has 0 unspecified atom stereocenters. The second-order valence-electron chi connectivity index (χ2n) is 7.18. The van der Waals surface area contributed by atoms with Gasteiger partial charge in [0, 0.05) is 35.8 Å². The van der Waals surface area contributed by atoms with E-state index in [4.69, 9.17) is 16.1 Å². The van der Waals surface area contributed by atoms with Gasteiger partial charge < -0.3 is 14.0 Å². The first-order valence-corrected chi connectivity index (χ1v) is 9.24. The Morgan fingerprint density at radius 3 is 2.93 bits per heavy atom. The fourth-order valence-corrected chi connectivity index (χ4v) is 3.78. The number of aryl methyl sites for hydroxylation is 1. The topological polar surface area (TPSA) is 77.8 Å². The van der Waals surface area contributed by atoms with E-state index in [1.807, 2.05) is 55.1 Å². The third-order valence-corrected chi connectivity index (χ3v) is 4.97. The lowest BCUT2D eigenvalue weighted by Gasteiger charge is -2.09. The van der Waals surface area contributed by atoms with Crippen molar-refractivity contribution in [2.24, 2.45) is 7.05 Å². The van der Waals surface area contributed by atoms with Crippen molar-refractivity contribution in [3.8, 4) is 28.5 Å². The Labute approximate surface area is 166 Å². The molecule has 0 N–H and O–H groups in total. The van der Waals surface area contributed by atoms with Crippen LogP contribution in [0.25, 0.3) is 28.5 Å². The first-order chi connectivity index (χ1) is 13.5. The average molecular weight is 396 g/mol. The molecule has 28 heavy (non-hydrogen) atoms.